The average Bonchev–Trinajstić information content (AvgIpc) is 2.48. The van der Waals surface area contributed by atoms with Crippen LogP contribution in [-0.4, -0.2) is 7.11 Å². The smallest absolute Gasteiger partial charge is 0.125 e. The van der Waals surface area contributed by atoms with E-state index in [2.05, 4.69) is 19.9 Å². The third-order valence-electron chi connectivity index (χ3n) is 3.52. The topological polar surface area (TPSA) is 44.5 Å². The molecule has 0 saturated heterocycles. The Morgan fingerprint density at radius 1 is 1.05 bits per heavy atom. The molecule has 20 heavy (non-hydrogen) atoms. The van der Waals surface area contributed by atoms with Gasteiger partial charge in [-0.1, -0.05) is 18.2 Å². The first-order chi connectivity index (χ1) is 9.65. The summed E-state index contributed by atoms with van der Waals surface area (Å²) in [4.78, 5) is 0. The van der Waals surface area contributed by atoms with Crippen molar-refractivity contribution in [2.75, 3.05) is 7.11 Å². The third kappa shape index (κ3) is 3.11. The van der Waals surface area contributed by atoms with Crippen LogP contribution >= 0.6 is 0 Å². The molecule has 0 radical (unpaired) electrons. The summed E-state index contributed by atoms with van der Waals surface area (Å²) in [6.07, 6.45) is 0. The molecule has 106 valence electrons. The molecular weight excluding hydrogens is 250 g/mol. The van der Waals surface area contributed by atoms with Crippen LogP contribution in [0.2, 0.25) is 0 Å². The molecule has 0 fully saturated rings. The molecule has 0 aliphatic heterocycles. The highest BCUT2D eigenvalue weighted by Gasteiger charge is 2.07. The third-order valence-corrected chi connectivity index (χ3v) is 3.52. The molecule has 2 rings (SSSR count). The summed E-state index contributed by atoms with van der Waals surface area (Å²) in [5.41, 5.74) is 10.2. The SMILES string of the molecule is COc1ccc(CN)cc1COc1cccc(C)c1C. The molecule has 0 amide bonds. The summed E-state index contributed by atoms with van der Waals surface area (Å²) in [7, 11) is 1.67. The van der Waals surface area contributed by atoms with Gasteiger partial charge in [-0.15, -0.1) is 0 Å². The summed E-state index contributed by atoms with van der Waals surface area (Å²) < 4.78 is 11.3. The molecule has 0 aliphatic carbocycles. The minimum absolute atomic E-state index is 0.474. The zero-order valence-electron chi connectivity index (χ0n) is 12.3. The first kappa shape index (κ1) is 14.4. The molecule has 2 aromatic carbocycles. The molecule has 2 aromatic rings. The van der Waals surface area contributed by atoms with Gasteiger partial charge in [0.1, 0.15) is 18.1 Å². The molecule has 0 atom stereocenters. The van der Waals surface area contributed by atoms with Crippen LogP contribution in [0, 0.1) is 13.8 Å². The predicted molar refractivity (Wildman–Crippen MR) is 81.1 cm³/mol. The van der Waals surface area contributed by atoms with Crippen molar-refractivity contribution in [2.24, 2.45) is 5.73 Å². The molecule has 0 aliphatic rings. The van der Waals surface area contributed by atoms with Crippen molar-refractivity contribution in [1.82, 2.24) is 0 Å². The van der Waals surface area contributed by atoms with E-state index in [-0.39, 0.29) is 0 Å². The maximum Gasteiger partial charge on any atom is 0.125 e. The van der Waals surface area contributed by atoms with Gasteiger partial charge in [-0.2, -0.15) is 0 Å². The second-order valence-corrected chi connectivity index (χ2v) is 4.84. The van der Waals surface area contributed by atoms with Crippen LogP contribution in [0.1, 0.15) is 22.3 Å². The fourth-order valence-electron chi connectivity index (χ4n) is 2.11. The molecule has 2 N–H and O–H groups in total. The number of aryl methyl sites for hydroxylation is 1. The van der Waals surface area contributed by atoms with Gasteiger partial charge in [0.2, 0.25) is 0 Å². The van der Waals surface area contributed by atoms with E-state index < -0.39 is 0 Å². The fourth-order valence-corrected chi connectivity index (χ4v) is 2.11. The Balaban J connectivity index is 2.19. The number of ether oxygens (including phenoxy) is 2. The molecule has 3 heteroatoms. The molecule has 0 unspecified atom stereocenters. The van der Waals surface area contributed by atoms with Gasteiger partial charge in [-0.25, -0.2) is 0 Å². The number of nitrogens with two attached hydrogens (primary N) is 1. The number of benzene rings is 2. The molecule has 0 heterocycles. The highest BCUT2D eigenvalue weighted by molar-refractivity contribution is 5.40. The predicted octanol–water partition coefficient (Wildman–Crippen LogP) is 3.35. The fraction of sp³-hybridized carbons (Fsp3) is 0.294. The van der Waals surface area contributed by atoms with E-state index in [1.165, 1.54) is 11.1 Å². The van der Waals surface area contributed by atoms with Crippen molar-refractivity contribution < 1.29 is 9.47 Å². The lowest BCUT2D eigenvalue weighted by Crippen LogP contribution is -2.03. The van der Waals surface area contributed by atoms with Crippen molar-refractivity contribution in [2.45, 2.75) is 27.0 Å². The van der Waals surface area contributed by atoms with Gasteiger partial charge in [0, 0.05) is 12.1 Å². The van der Waals surface area contributed by atoms with Crippen molar-refractivity contribution in [3.8, 4) is 11.5 Å². The first-order valence-corrected chi connectivity index (χ1v) is 6.70. The van der Waals surface area contributed by atoms with Crippen LogP contribution in [0.5, 0.6) is 11.5 Å². The van der Waals surface area contributed by atoms with Crippen LogP contribution in [0.4, 0.5) is 0 Å². The molecular formula is C17H21NO2. The Morgan fingerprint density at radius 2 is 1.85 bits per heavy atom. The summed E-state index contributed by atoms with van der Waals surface area (Å²) >= 11 is 0. The second kappa shape index (κ2) is 6.44. The molecule has 0 saturated carbocycles. The molecule has 0 spiro atoms. The van der Waals surface area contributed by atoms with E-state index in [1.807, 2.05) is 30.3 Å². The van der Waals surface area contributed by atoms with Gasteiger partial charge in [0.05, 0.1) is 7.11 Å². The second-order valence-electron chi connectivity index (χ2n) is 4.84. The Bertz CT molecular complexity index is 594. The summed E-state index contributed by atoms with van der Waals surface area (Å²) in [5.74, 6) is 1.73. The minimum atomic E-state index is 0.474. The summed E-state index contributed by atoms with van der Waals surface area (Å²) in [5, 5.41) is 0. The summed E-state index contributed by atoms with van der Waals surface area (Å²) in [6, 6.07) is 12.0. The maximum absolute atomic E-state index is 5.92. The zero-order chi connectivity index (χ0) is 14.5. The minimum Gasteiger partial charge on any atom is -0.496 e. The molecule has 3 nitrogen and oxygen atoms in total. The van der Waals surface area contributed by atoms with Crippen molar-refractivity contribution in [3.63, 3.8) is 0 Å². The van der Waals surface area contributed by atoms with Crippen molar-refractivity contribution in [1.29, 1.82) is 0 Å². The van der Waals surface area contributed by atoms with E-state index >= 15 is 0 Å². The van der Waals surface area contributed by atoms with Gasteiger partial charge in [0.15, 0.2) is 0 Å². The average molecular weight is 271 g/mol. The van der Waals surface area contributed by atoms with Crippen LogP contribution in [-0.2, 0) is 13.2 Å². The van der Waals surface area contributed by atoms with Gasteiger partial charge in [-0.3, -0.25) is 0 Å². The van der Waals surface area contributed by atoms with Gasteiger partial charge in [-0.05, 0) is 48.7 Å². The number of hydrogen-bond donors (Lipinski definition) is 1. The monoisotopic (exact) mass is 271 g/mol. The highest BCUT2D eigenvalue weighted by Crippen LogP contribution is 2.25. The normalized spacial score (nSPS) is 10.4. The highest BCUT2D eigenvalue weighted by atomic mass is 16.5. The lowest BCUT2D eigenvalue weighted by molar-refractivity contribution is 0.294. The molecule has 0 aromatic heterocycles. The molecule has 0 bridgehead atoms. The standard InChI is InChI=1S/C17H21NO2/c1-12-5-4-6-16(13(12)2)20-11-15-9-14(10-18)7-8-17(15)19-3/h4-9H,10-11,18H2,1-3H3. The number of rotatable bonds is 5. The van der Waals surface area contributed by atoms with E-state index in [0.29, 0.717) is 13.2 Å². The van der Waals surface area contributed by atoms with Gasteiger partial charge >= 0.3 is 0 Å². The van der Waals surface area contributed by atoms with Gasteiger partial charge in [0.25, 0.3) is 0 Å². The Labute approximate surface area is 120 Å². The van der Waals surface area contributed by atoms with Crippen molar-refractivity contribution in [3.05, 3.63) is 58.7 Å². The summed E-state index contributed by atoms with van der Waals surface area (Å²) in [6.45, 7) is 5.14. The van der Waals surface area contributed by atoms with E-state index in [0.717, 1.165) is 22.6 Å². The van der Waals surface area contributed by atoms with Crippen molar-refractivity contribution >= 4 is 0 Å². The Morgan fingerprint density at radius 3 is 2.55 bits per heavy atom. The van der Waals surface area contributed by atoms with Gasteiger partial charge < -0.3 is 15.2 Å². The zero-order valence-corrected chi connectivity index (χ0v) is 12.3. The largest absolute Gasteiger partial charge is 0.496 e. The quantitative estimate of drug-likeness (QED) is 0.907. The Hall–Kier alpha value is -2.00. The van der Waals surface area contributed by atoms with E-state index in [1.54, 1.807) is 7.11 Å². The van der Waals surface area contributed by atoms with E-state index in [4.69, 9.17) is 15.2 Å². The Kier molecular flexibility index (Phi) is 4.64. The van der Waals surface area contributed by atoms with Crippen LogP contribution < -0.4 is 15.2 Å². The van der Waals surface area contributed by atoms with Crippen LogP contribution in [0.25, 0.3) is 0 Å². The van der Waals surface area contributed by atoms with Crippen LogP contribution in [0.15, 0.2) is 36.4 Å². The van der Waals surface area contributed by atoms with E-state index in [9.17, 15) is 0 Å². The maximum atomic E-state index is 5.92. The number of methoxy groups -OCH3 is 1. The first-order valence-electron chi connectivity index (χ1n) is 6.70. The lowest BCUT2D eigenvalue weighted by atomic mass is 10.1. The van der Waals surface area contributed by atoms with Crippen LogP contribution in [0.3, 0.4) is 0 Å². The lowest BCUT2D eigenvalue weighted by Gasteiger charge is -2.14. The number of hydrogen-bond acceptors (Lipinski definition) is 3.